The van der Waals surface area contributed by atoms with Crippen LogP contribution in [0.15, 0.2) is 18.2 Å². The average Bonchev–Trinajstić information content (AvgIpc) is 2.31. The van der Waals surface area contributed by atoms with Gasteiger partial charge in [0.1, 0.15) is 0 Å². The predicted molar refractivity (Wildman–Crippen MR) is 83.9 cm³/mol. The molecule has 0 aromatic heterocycles. The molecule has 1 aromatic carbocycles. The van der Waals surface area contributed by atoms with E-state index in [0.717, 1.165) is 0 Å². The molecule has 1 aliphatic carbocycles. The predicted octanol–water partition coefficient (Wildman–Crippen LogP) is 6.65. The van der Waals surface area contributed by atoms with Gasteiger partial charge in [-0.15, -0.1) is 0 Å². The Morgan fingerprint density at radius 1 is 1.22 bits per heavy atom. The van der Waals surface area contributed by atoms with Crippen LogP contribution in [0.4, 0.5) is 0 Å². The van der Waals surface area contributed by atoms with Crippen molar-refractivity contribution < 1.29 is 0 Å². The first-order valence-corrected chi connectivity index (χ1v) is 8.18. The third-order valence-corrected chi connectivity index (χ3v) is 6.11. The molecule has 18 heavy (non-hydrogen) atoms. The van der Waals surface area contributed by atoms with E-state index in [4.69, 9.17) is 23.2 Å². The van der Waals surface area contributed by atoms with Crippen LogP contribution in [0.2, 0.25) is 10.0 Å². The van der Waals surface area contributed by atoms with E-state index in [1.165, 1.54) is 31.2 Å². The Morgan fingerprint density at radius 3 is 2.56 bits per heavy atom. The van der Waals surface area contributed by atoms with Crippen molar-refractivity contribution in [1.82, 2.24) is 0 Å². The summed E-state index contributed by atoms with van der Waals surface area (Å²) in [7, 11) is 0. The van der Waals surface area contributed by atoms with Crippen molar-refractivity contribution in [2.24, 2.45) is 11.3 Å². The summed E-state index contributed by atoms with van der Waals surface area (Å²) >= 11 is 16.0. The number of benzene rings is 1. The van der Waals surface area contributed by atoms with Crippen LogP contribution in [0.5, 0.6) is 0 Å². The standard InChI is InChI=1S/C15H19BrCl2/c1-15(2)8-4-3-5-11(15)14(16)10-6-7-12(17)13(18)9-10/h6-7,9,11,14H,3-5,8H2,1-2H3. The molecule has 0 saturated heterocycles. The van der Waals surface area contributed by atoms with Crippen molar-refractivity contribution in [2.45, 2.75) is 44.4 Å². The summed E-state index contributed by atoms with van der Waals surface area (Å²) in [5.74, 6) is 0.656. The first kappa shape index (κ1) is 14.7. The fourth-order valence-corrected chi connectivity index (χ4v) is 4.55. The molecule has 0 spiro atoms. The van der Waals surface area contributed by atoms with E-state index in [0.29, 0.717) is 26.2 Å². The molecule has 2 rings (SSSR count). The second kappa shape index (κ2) is 5.73. The summed E-state index contributed by atoms with van der Waals surface area (Å²) in [4.78, 5) is 0.363. The second-order valence-corrected chi connectivity index (χ2v) is 7.72. The van der Waals surface area contributed by atoms with Crippen LogP contribution in [0.3, 0.4) is 0 Å². The lowest BCUT2D eigenvalue weighted by Crippen LogP contribution is -2.30. The van der Waals surface area contributed by atoms with Gasteiger partial charge >= 0.3 is 0 Å². The molecule has 0 amide bonds. The molecule has 1 saturated carbocycles. The first-order valence-electron chi connectivity index (χ1n) is 6.51. The summed E-state index contributed by atoms with van der Waals surface area (Å²) in [6.07, 6.45) is 5.27. The summed E-state index contributed by atoms with van der Waals surface area (Å²) < 4.78 is 0. The SMILES string of the molecule is CC1(C)CCCCC1C(Br)c1ccc(Cl)c(Cl)c1. The lowest BCUT2D eigenvalue weighted by atomic mass is 9.67. The molecule has 0 aliphatic heterocycles. The highest BCUT2D eigenvalue weighted by atomic mass is 79.9. The third kappa shape index (κ3) is 3.05. The van der Waals surface area contributed by atoms with Gasteiger partial charge in [-0.25, -0.2) is 0 Å². The van der Waals surface area contributed by atoms with Gasteiger partial charge in [0.2, 0.25) is 0 Å². The minimum atomic E-state index is 0.363. The van der Waals surface area contributed by atoms with Crippen molar-refractivity contribution in [3.63, 3.8) is 0 Å². The van der Waals surface area contributed by atoms with Gasteiger partial charge in [0.15, 0.2) is 0 Å². The van der Waals surface area contributed by atoms with Crippen molar-refractivity contribution >= 4 is 39.1 Å². The Kier molecular flexibility index (Phi) is 4.67. The van der Waals surface area contributed by atoms with E-state index in [1.54, 1.807) is 0 Å². The molecule has 2 unspecified atom stereocenters. The maximum atomic E-state index is 6.12. The van der Waals surface area contributed by atoms with Gasteiger partial charge in [-0.1, -0.05) is 71.9 Å². The molecule has 1 aliphatic rings. The summed E-state index contributed by atoms with van der Waals surface area (Å²) in [6, 6.07) is 5.97. The van der Waals surface area contributed by atoms with Crippen LogP contribution < -0.4 is 0 Å². The van der Waals surface area contributed by atoms with E-state index in [1.807, 2.05) is 12.1 Å². The Morgan fingerprint density at radius 2 is 1.94 bits per heavy atom. The average molecular weight is 350 g/mol. The molecule has 0 radical (unpaired) electrons. The van der Waals surface area contributed by atoms with Crippen LogP contribution >= 0.6 is 39.1 Å². The number of rotatable bonds is 2. The highest BCUT2D eigenvalue weighted by Crippen LogP contribution is 2.50. The van der Waals surface area contributed by atoms with Gasteiger partial charge in [-0.3, -0.25) is 0 Å². The van der Waals surface area contributed by atoms with Gasteiger partial charge in [-0.2, -0.15) is 0 Å². The van der Waals surface area contributed by atoms with Gasteiger partial charge in [0.05, 0.1) is 10.0 Å². The van der Waals surface area contributed by atoms with Crippen LogP contribution in [0.1, 0.15) is 49.9 Å². The fraction of sp³-hybridized carbons (Fsp3) is 0.600. The molecular formula is C15H19BrCl2. The number of hydrogen-bond acceptors (Lipinski definition) is 0. The van der Waals surface area contributed by atoms with Crippen molar-refractivity contribution in [3.8, 4) is 0 Å². The highest BCUT2D eigenvalue weighted by Gasteiger charge is 2.37. The minimum absolute atomic E-state index is 0.363. The Balaban J connectivity index is 2.24. The van der Waals surface area contributed by atoms with E-state index >= 15 is 0 Å². The number of hydrogen-bond donors (Lipinski definition) is 0. The zero-order chi connectivity index (χ0) is 13.3. The largest absolute Gasteiger partial charge is 0.0836 e. The molecule has 1 fully saturated rings. The fourth-order valence-electron chi connectivity index (χ4n) is 2.98. The third-order valence-electron chi connectivity index (χ3n) is 4.21. The number of alkyl halides is 1. The normalized spacial score (nSPS) is 24.8. The smallest absolute Gasteiger partial charge is 0.0595 e. The second-order valence-electron chi connectivity index (χ2n) is 5.92. The van der Waals surface area contributed by atoms with Crippen molar-refractivity contribution in [2.75, 3.05) is 0 Å². The monoisotopic (exact) mass is 348 g/mol. The van der Waals surface area contributed by atoms with Gasteiger partial charge in [0.25, 0.3) is 0 Å². The molecule has 0 N–H and O–H groups in total. The molecule has 100 valence electrons. The molecule has 1 aromatic rings. The number of halogens is 3. The van der Waals surface area contributed by atoms with Crippen molar-refractivity contribution in [1.29, 1.82) is 0 Å². The first-order chi connectivity index (χ1) is 8.42. The molecule has 0 bridgehead atoms. The van der Waals surface area contributed by atoms with E-state index in [-0.39, 0.29) is 0 Å². The maximum Gasteiger partial charge on any atom is 0.0595 e. The van der Waals surface area contributed by atoms with E-state index in [9.17, 15) is 0 Å². The van der Waals surface area contributed by atoms with Gasteiger partial charge < -0.3 is 0 Å². The topological polar surface area (TPSA) is 0 Å². The minimum Gasteiger partial charge on any atom is -0.0836 e. The Hall–Kier alpha value is 0.280. The maximum absolute atomic E-state index is 6.12. The molecule has 3 heteroatoms. The van der Waals surface area contributed by atoms with Crippen LogP contribution in [0.25, 0.3) is 0 Å². The highest BCUT2D eigenvalue weighted by molar-refractivity contribution is 9.09. The van der Waals surface area contributed by atoms with E-state index in [2.05, 4.69) is 35.8 Å². The van der Waals surface area contributed by atoms with Crippen LogP contribution in [-0.4, -0.2) is 0 Å². The van der Waals surface area contributed by atoms with Crippen molar-refractivity contribution in [3.05, 3.63) is 33.8 Å². The molecule has 2 atom stereocenters. The molecule has 0 heterocycles. The zero-order valence-corrected chi connectivity index (χ0v) is 13.9. The lowest BCUT2D eigenvalue weighted by Gasteiger charge is -2.41. The molecule has 0 nitrogen and oxygen atoms in total. The summed E-state index contributed by atoms with van der Waals surface area (Å²) in [5, 5.41) is 1.27. The zero-order valence-electron chi connectivity index (χ0n) is 10.8. The summed E-state index contributed by atoms with van der Waals surface area (Å²) in [6.45, 7) is 4.76. The van der Waals surface area contributed by atoms with Crippen LogP contribution in [0, 0.1) is 11.3 Å². The van der Waals surface area contributed by atoms with Gasteiger partial charge in [0, 0.05) is 4.83 Å². The summed E-state index contributed by atoms with van der Waals surface area (Å²) in [5.41, 5.74) is 1.63. The molecular weight excluding hydrogens is 331 g/mol. The van der Waals surface area contributed by atoms with Crippen LogP contribution in [-0.2, 0) is 0 Å². The Labute approximate surface area is 128 Å². The van der Waals surface area contributed by atoms with E-state index < -0.39 is 0 Å². The van der Waals surface area contributed by atoms with Gasteiger partial charge in [-0.05, 0) is 41.9 Å². The quantitative estimate of drug-likeness (QED) is 0.524. The Bertz CT molecular complexity index is 429. The lowest BCUT2D eigenvalue weighted by molar-refractivity contribution is 0.136.